The number of ether oxygens (including phenoxy) is 2. The van der Waals surface area contributed by atoms with Crippen LogP contribution in [0.3, 0.4) is 0 Å². The summed E-state index contributed by atoms with van der Waals surface area (Å²) in [6.07, 6.45) is 10.8. The van der Waals surface area contributed by atoms with Crippen LogP contribution in [-0.4, -0.2) is 137 Å². The van der Waals surface area contributed by atoms with Gasteiger partial charge in [0.25, 0.3) is 11.5 Å². The summed E-state index contributed by atoms with van der Waals surface area (Å²) >= 11 is 0. The van der Waals surface area contributed by atoms with E-state index in [-0.39, 0.29) is 35.4 Å². The first-order valence-corrected chi connectivity index (χ1v) is 21.8. The lowest BCUT2D eigenvalue weighted by atomic mass is 9.83. The molecule has 0 aromatic carbocycles. The maximum atomic E-state index is 13.8. The highest BCUT2D eigenvalue weighted by molar-refractivity contribution is 5.92. The molecule has 3 aromatic heterocycles. The van der Waals surface area contributed by atoms with Crippen molar-refractivity contribution < 1.29 is 23.9 Å². The Morgan fingerprint density at radius 3 is 2.32 bits per heavy atom. The fourth-order valence-corrected chi connectivity index (χ4v) is 8.89. The van der Waals surface area contributed by atoms with Crippen molar-refractivity contribution in [2.45, 2.75) is 109 Å². The average molecular weight is 814 g/mol. The second kappa shape index (κ2) is 19.2. The predicted molar refractivity (Wildman–Crippen MR) is 226 cm³/mol. The maximum absolute atomic E-state index is 13.8. The third-order valence-electron chi connectivity index (χ3n) is 12.2. The van der Waals surface area contributed by atoms with Crippen LogP contribution >= 0.6 is 0 Å². The summed E-state index contributed by atoms with van der Waals surface area (Å²) in [5.74, 6) is -0.0699. The van der Waals surface area contributed by atoms with Crippen molar-refractivity contribution in [3.8, 4) is 0 Å². The normalized spacial score (nSPS) is 21.9. The van der Waals surface area contributed by atoms with Crippen LogP contribution in [0.1, 0.15) is 94.3 Å². The number of carbonyl (C=O) groups excluding carboxylic acids is 3. The third kappa shape index (κ3) is 11.4. The number of piperazine rings is 2. The number of amides is 3. The molecule has 3 atom stereocenters. The van der Waals surface area contributed by atoms with E-state index in [1.54, 1.807) is 12.3 Å². The summed E-state index contributed by atoms with van der Waals surface area (Å²) in [6.45, 7) is 15.6. The van der Waals surface area contributed by atoms with E-state index in [2.05, 4.69) is 40.3 Å². The summed E-state index contributed by atoms with van der Waals surface area (Å²) in [5.41, 5.74) is 4.10. The highest BCUT2D eigenvalue weighted by Gasteiger charge is 2.36. The number of pyridine rings is 3. The standard InChI is InChI=1S/C44H63N9O6/c1-5-31-24-37-38(48-40(31)54)23-30(25-45-37)27-50-15-19-52(20-16-50)34-12-14-36(46-26-34)41(55)47-33-11-13-35(58-29-33)28-51-17-21-53(22-18-51)42(56)39(32-9-7-6-8-10-32)49-43(57)59-44(2,3)4/h12,14,23-26,32-33,35,39H,5-11,13,15-22,27-29H2,1-4H3,(H,47,55)(H,48,54)(H,49,57)/t33?,35?,39-/m1/s1. The van der Waals surface area contributed by atoms with Gasteiger partial charge >= 0.3 is 6.09 Å². The molecular weight excluding hydrogens is 751 g/mol. The molecule has 2 unspecified atom stereocenters. The minimum Gasteiger partial charge on any atom is -0.444 e. The molecule has 0 bridgehead atoms. The lowest BCUT2D eigenvalue weighted by Crippen LogP contribution is -2.58. The number of anilines is 1. The Labute approximate surface area is 347 Å². The van der Waals surface area contributed by atoms with Crippen molar-refractivity contribution in [2.24, 2.45) is 5.92 Å². The Kier molecular flexibility index (Phi) is 13.8. The van der Waals surface area contributed by atoms with E-state index in [1.807, 2.05) is 57.0 Å². The number of nitrogens with one attached hydrogen (secondary N) is 3. The van der Waals surface area contributed by atoms with Gasteiger partial charge in [-0.2, -0.15) is 0 Å². The minimum absolute atomic E-state index is 0.00402. The molecule has 6 heterocycles. The maximum Gasteiger partial charge on any atom is 0.408 e. The number of fused-ring (bicyclic) bond motifs is 1. The van der Waals surface area contributed by atoms with E-state index in [0.29, 0.717) is 31.8 Å². The van der Waals surface area contributed by atoms with E-state index < -0.39 is 17.7 Å². The minimum atomic E-state index is -0.629. The van der Waals surface area contributed by atoms with E-state index >= 15 is 0 Å². The highest BCUT2D eigenvalue weighted by Crippen LogP contribution is 2.28. The topological polar surface area (TPSA) is 165 Å². The van der Waals surface area contributed by atoms with Crippen LogP contribution in [0.15, 0.2) is 41.5 Å². The first-order chi connectivity index (χ1) is 28.4. The largest absolute Gasteiger partial charge is 0.444 e. The first kappa shape index (κ1) is 42.5. The van der Waals surface area contributed by atoms with Gasteiger partial charge in [0.05, 0.1) is 41.7 Å². The van der Waals surface area contributed by atoms with Gasteiger partial charge in [-0.3, -0.25) is 29.2 Å². The summed E-state index contributed by atoms with van der Waals surface area (Å²) in [4.78, 5) is 73.0. The van der Waals surface area contributed by atoms with E-state index in [4.69, 9.17) is 9.47 Å². The Morgan fingerprint density at radius 2 is 1.66 bits per heavy atom. The molecule has 4 fully saturated rings. The lowest BCUT2D eigenvalue weighted by Gasteiger charge is -2.40. The lowest BCUT2D eigenvalue weighted by molar-refractivity contribution is -0.137. The first-order valence-electron chi connectivity index (χ1n) is 21.8. The predicted octanol–water partition coefficient (Wildman–Crippen LogP) is 4.10. The second-order valence-electron chi connectivity index (χ2n) is 17.8. The van der Waals surface area contributed by atoms with E-state index in [9.17, 15) is 19.2 Å². The zero-order chi connectivity index (χ0) is 41.5. The molecule has 3 saturated heterocycles. The Morgan fingerprint density at radius 1 is 0.915 bits per heavy atom. The summed E-state index contributed by atoms with van der Waals surface area (Å²) in [5, 5.41) is 6.06. The molecule has 1 aliphatic carbocycles. The monoisotopic (exact) mass is 813 g/mol. The number of aryl methyl sites for hydroxylation is 1. The summed E-state index contributed by atoms with van der Waals surface area (Å²) in [7, 11) is 0. The van der Waals surface area contributed by atoms with Crippen LogP contribution in [0.2, 0.25) is 0 Å². The molecule has 3 aromatic rings. The number of hydrogen-bond donors (Lipinski definition) is 3. The Balaban J connectivity index is 0.808. The number of carbonyl (C=O) groups is 3. The van der Waals surface area contributed by atoms with Gasteiger partial charge in [0, 0.05) is 77.2 Å². The molecule has 59 heavy (non-hydrogen) atoms. The zero-order valence-corrected chi connectivity index (χ0v) is 35.3. The van der Waals surface area contributed by atoms with Gasteiger partial charge in [0.2, 0.25) is 5.91 Å². The molecule has 3 aliphatic heterocycles. The number of nitrogens with zero attached hydrogens (tertiary/aromatic N) is 6. The van der Waals surface area contributed by atoms with Crippen LogP contribution in [-0.2, 0) is 27.2 Å². The molecular formula is C44H63N9O6. The van der Waals surface area contributed by atoms with Crippen molar-refractivity contribution >= 4 is 34.6 Å². The number of aromatic amines is 1. The molecule has 4 aliphatic rings. The zero-order valence-electron chi connectivity index (χ0n) is 35.3. The van der Waals surface area contributed by atoms with Crippen molar-refractivity contribution in [1.82, 2.24) is 40.3 Å². The highest BCUT2D eigenvalue weighted by atomic mass is 16.6. The average Bonchev–Trinajstić information content (AvgIpc) is 3.23. The van der Waals surface area contributed by atoms with Crippen LogP contribution < -0.4 is 21.1 Å². The number of hydrogen-bond acceptors (Lipinski definition) is 11. The molecule has 3 N–H and O–H groups in total. The van der Waals surface area contributed by atoms with Crippen molar-refractivity contribution in [1.29, 1.82) is 0 Å². The Hall–Kier alpha value is -4.60. The van der Waals surface area contributed by atoms with Crippen molar-refractivity contribution in [2.75, 3.05) is 70.4 Å². The van der Waals surface area contributed by atoms with Crippen LogP contribution in [0.25, 0.3) is 11.0 Å². The molecule has 320 valence electrons. The summed E-state index contributed by atoms with van der Waals surface area (Å²) in [6, 6.07) is 7.03. The summed E-state index contributed by atoms with van der Waals surface area (Å²) < 4.78 is 11.8. The fourth-order valence-electron chi connectivity index (χ4n) is 8.89. The third-order valence-corrected chi connectivity index (χ3v) is 12.2. The van der Waals surface area contributed by atoms with Crippen LogP contribution in [0.5, 0.6) is 0 Å². The molecule has 0 radical (unpaired) electrons. The second-order valence-corrected chi connectivity index (χ2v) is 17.8. The molecule has 0 spiro atoms. The van der Waals surface area contributed by atoms with Crippen LogP contribution in [0.4, 0.5) is 10.5 Å². The number of rotatable bonds is 11. The van der Waals surface area contributed by atoms with Gasteiger partial charge in [-0.25, -0.2) is 9.78 Å². The van der Waals surface area contributed by atoms with Gasteiger partial charge in [0.15, 0.2) is 0 Å². The van der Waals surface area contributed by atoms with Crippen molar-refractivity contribution in [3.05, 3.63) is 63.8 Å². The number of aromatic nitrogens is 3. The number of alkyl carbamates (subject to hydrolysis) is 1. The fraction of sp³-hybridized carbons (Fsp3) is 0.636. The van der Waals surface area contributed by atoms with Crippen molar-refractivity contribution in [3.63, 3.8) is 0 Å². The van der Waals surface area contributed by atoms with E-state index in [1.165, 1.54) is 6.42 Å². The SMILES string of the molecule is CCc1cc2ncc(CN3CCN(c4ccc(C(=O)NC5CCC(CN6CCN(C(=O)[C@H](NC(=O)OC(C)(C)C)C7CCCCC7)CC6)OC5)nc4)CC3)cc2[nH]c1=O. The molecule has 7 rings (SSSR count). The van der Waals surface area contributed by atoms with E-state index in [0.717, 1.165) is 119 Å². The molecule has 15 nitrogen and oxygen atoms in total. The van der Waals surface area contributed by atoms with Gasteiger partial charge in [-0.05, 0) is 88.6 Å². The van der Waals surface area contributed by atoms with Gasteiger partial charge < -0.3 is 34.9 Å². The van der Waals surface area contributed by atoms with Gasteiger partial charge in [0.1, 0.15) is 17.3 Å². The van der Waals surface area contributed by atoms with Crippen LogP contribution in [0, 0.1) is 5.92 Å². The molecule has 1 saturated carbocycles. The molecule has 15 heteroatoms. The van der Waals surface area contributed by atoms with Gasteiger partial charge in [-0.1, -0.05) is 26.2 Å². The van der Waals surface area contributed by atoms with Gasteiger partial charge in [-0.15, -0.1) is 0 Å². The quantitative estimate of drug-likeness (QED) is 0.256. The smallest absolute Gasteiger partial charge is 0.408 e. The Bertz CT molecular complexity index is 1950. The molecule has 3 amide bonds. The number of H-pyrrole nitrogens is 1.